The molecule has 0 aromatic heterocycles. The summed E-state index contributed by atoms with van der Waals surface area (Å²) in [5.74, 6) is -1.87. The van der Waals surface area contributed by atoms with E-state index in [9.17, 15) is 23.2 Å². The minimum Gasteiger partial charge on any atom is -0.370 e. The Labute approximate surface area is 167 Å². The molecule has 1 saturated heterocycles. The van der Waals surface area contributed by atoms with Gasteiger partial charge in [-0.05, 0) is 37.6 Å². The van der Waals surface area contributed by atoms with Crippen molar-refractivity contribution in [2.24, 2.45) is 5.73 Å². The van der Waals surface area contributed by atoms with Gasteiger partial charge < -0.3 is 20.7 Å². The molecule has 1 aliphatic carbocycles. The fourth-order valence-corrected chi connectivity index (χ4v) is 3.54. The van der Waals surface area contributed by atoms with Crippen LogP contribution in [0.25, 0.3) is 0 Å². The molecule has 0 bridgehead atoms. The molecule has 3 amide bonds. The molecule has 1 saturated carbocycles. The first kappa shape index (κ1) is 21.1. The monoisotopic (exact) mass is 410 g/mol. The van der Waals surface area contributed by atoms with E-state index >= 15 is 0 Å². The van der Waals surface area contributed by atoms with Crippen LogP contribution in [0.15, 0.2) is 18.2 Å². The molecule has 158 valence electrons. The number of alkyl halides is 2. The van der Waals surface area contributed by atoms with E-state index in [-0.39, 0.29) is 42.7 Å². The molecule has 0 unspecified atom stereocenters. The van der Waals surface area contributed by atoms with E-state index in [0.717, 1.165) is 18.9 Å². The predicted octanol–water partition coefficient (Wildman–Crippen LogP) is 1.26. The van der Waals surface area contributed by atoms with Crippen LogP contribution in [0.3, 0.4) is 0 Å². The van der Waals surface area contributed by atoms with Crippen LogP contribution >= 0.6 is 0 Å². The Morgan fingerprint density at radius 2 is 2.10 bits per heavy atom. The summed E-state index contributed by atoms with van der Waals surface area (Å²) in [6.07, 6.45) is -1.10. The van der Waals surface area contributed by atoms with Gasteiger partial charge in [0.25, 0.3) is 18.2 Å². The molecule has 0 spiro atoms. The van der Waals surface area contributed by atoms with Gasteiger partial charge in [0.1, 0.15) is 6.61 Å². The molecule has 0 radical (unpaired) electrons. The van der Waals surface area contributed by atoms with E-state index in [0.29, 0.717) is 6.54 Å². The second-order valence-electron chi connectivity index (χ2n) is 7.03. The van der Waals surface area contributed by atoms with Crippen molar-refractivity contribution in [3.8, 4) is 0 Å². The normalized spacial score (nSPS) is 18.2. The van der Waals surface area contributed by atoms with Crippen LogP contribution in [0.4, 0.5) is 20.2 Å². The number of nitrogens with zero attached hydrogens (tertiary/aromatic N) is 2. The fourth-order valence-electron chi connectivity index (χ4n) is 3.54. The van der Waals surface area contributed by atoms with Crippen LogP contribution in [0.5, 0.6) is 0 Å². The van der Waals surface area contributed by atoms with Gasteiger partial charge in [-0.2, -0.15) is 0 Å². The third-order valence-electron chi connectivity index (χ3n) is 5.04. The molecule has 3 N–H and O–H groups in total. The minimum atomic E-state index is -2.86. The number of amides is 3. The highest BCUT2D eigenvalue weighted by Crippen LogP contribution is 2.33. The van der Waals surface area contributed by atoms with E-state index < -0.39 is 30.2 Å². The van der Waals surface area contributed by atoms with Crippen molar-refractivity contribution in [2.45, 2.75) is 38.3 Å². The van der Waals surface area contributed by atoms with Gasteiger partial charge in [-0.15, -0.1) is 0 Å². The van der Waals surface area contributed by atoms with Crippen molar-refractivity contribution < 1.29 is 27.9 Å². The summed E-state index contributed by atoms with van der Waals surface area (Å²) in [7, 11) is 0. The summed E-state index contributed by atoms with van der Waals surface area (Å²) < 4.78 is 32.3. The summed E-state index contributed by atoms with van der Waals surface area (Å²) >= 11 is 0. The van der Waals surface area contributed by atoms with Gasteiger partial charge in [-0.3, -0.25) is 19.3 Å². The van der Waals surface area contributed by atoms with E-state index in [4.69, 9.17) is 10.5 Å². The summed E-state index contributed by atoms with van der Waals surface area (Å²) in [5.41, 5.74) is 5.22. The van der Waals surface area contributed by atoms with Crippen LogP contribution in [-0.4, -0.2) is 61.0 Å². The standard InChI is InChI=1S/C19H24F2N4O4/c1-2-24(12-4-5-12)16(18(22)27)19(28)23-11-3-6-14(13(9-11)17(20)21)25-7-8-29-10-15(25)26/h3,6,9,12,16-17H,2,4-5,7-8,10H2,1H3,(H2,22,27)(H,23,28)/t16-/m1/s1. The molecule has 29 heavy (non-hydrogen) atoms. The number of ether oxygens (including phenoxy) is 1. The van der Waals surface area contributed by atoms with Crippen molar-refractivity contribution in [1.82, 2.24) is 4.90 Å². The Morgan fingerprint density at radius 1 is 1.38 bits per heavy atom. The largest absolute Gasteiger partial charge is 0.370 e. The zero-order valence-corrected chi connectivity index (χ0v) is 16.1. The molecule has 2 fully saturated rings. The Kier molecular flexibility index (Phi) is 6.43. The molecule has 10 heteroatoms. The molecule has 1 aromatic rings. The van der Waals surface area contributed by atoms with Crippen molar-refractivity contribution >= 4 is 29.1 Å². The highest BCUT2D eigenvalue weighted by Gasteiger charge is 2.39. The number of primary amides is 1. The lowest BCUT2D eigenvalue weighted by Gasteiger charge is -2.29. The van der Waals surface area contributed by atoms with Crippen molar-refractivity contribution in [3.05, 3.63) is 23.8 Å². The first-order valence-corrected chi connectivity index (χ1v) is 9.49. The lowest BCUT2D eigenvalue weighted by atomic mass is 10.1. The topological polar surface area (TPSA) is 105 Å². The van der Waals surface area contributed by atoms with Gasteiger partial charge in [0.2, 0.25) is 5.91 Å². The number of carbonyl (C=O) groups excluding carboxylic acids is 3. The summed E-state index contributed by atoms with van der Waals surface area (Å²) in [5, 5.41) is 2.51. The molecule has 1 heterocycles. The Bertz CT molecular complexity index is 800. The van der Waals surface area contributed by atoms with Gasteiger partial charge in [0, 0.05) is 23.8 Å². The van der Waals surface area contributed by atoms with Crippen molar-refractivity contribution in [2.75, 3.05) is 36.5 Å². The van der Waals surface area contributed by atoms with Crippen LogP contribution in [0.1, 0.15) is 31.8 Å². The zero-order chi connectivity index (χ0) is 21.1. The Morgan fingerprint density at radius 3 is 2.66 bits per heavy atom. The number of hydrogen-bond acceptors (Lipinski definition) is 5. The summed E-state index contributed by atoms with van der Waals surface area (Å²) in [4.78, 5) is 39.5. The molecule has 1 aliphatic heterocycles. The van der Waals surface area contributed by atoms with Crippen LogP contribution in [-0.2, 0) is 19.1 Å². The first-order chi connectivity index (χ1) is 13.8. The average molecular weight is 410 g/mol. The van der Waals surface area contributed by atoms with Crippen LogP contribution in [0.2, 0.25) is 0 Å². The Balaban J connectivity index is 1.83. The number of morpholine rings is 1. The molecular weight excluding hydrogens is 386 g/mol. The van der Waals surface area contributed by atoms with E-state index in [1.54, 1.807) is 4.90 Å². The van der Waals surface area contributed by atoms with Gasteiger partial charge in [-0.25, -0.2) is 8.78 Å². The zero-order valence-electron chi connectivity index (χ0n) is 16.1. The third-order valence-corrected chi connectivity index (χ3v) is 5.04. The SMILES string of the molecule is CCN(C1CC1)[C@H](C(N)=O)C(=O)Nc1ccc(N2CCOCC2=O)c(C(F)F)c1. The predicted molar refractivity (Wildman–Crippen MR) is 102 cm³/mol. The van der Waals surface area contributed by atoms with E-state index in [1.807, 2.05) is 6.92 Å². The fraction of sp³-hybridized carbons (Fsp3) is 0.526. The maximum atomic E-state index is 13.6. The van der Waals surface area contributed by atoms with Crippen molar-refractivity contribution in [3.63, 3.8) is 0 Å². The van der Waals surface area contributed by atoms with Crippen molar-refractivity contribution in [1.29, 1.82) is 0 Å². The first-order valence-electron chi connectivity index (χ1n) is 9.49. The molecule has 3 rings (SSSR count). The van der Waals surface area contributed by atoms with Crippen LogP contribution < -0.4 is 16.0 Å². The number of hydrogen-bond donors (Lipinski definition) is 2. The lowest BCUT2D eigenvalue weighted by molar-refractivity contribution is -0.132. The molecule has 2 aliphatic rings. The molecule has 1 aromatic carbocycles. The Hall–Kier alpha value is -2.59. The smallest absolute Gasteiger partial charge is 0.265 e. The maximum absolute atomic E-state index is 13.6. The summed E-state index contributed by atoms with van der Waals surface area (Å²) in [6.45, 7) is 2.54. The van der Waals surface area contributed by atoms with Gasteiger partial charge in [0.05, 0.1) is 12.3 Å². The average Bonchev–Trinajstić information content (AvgIpc) is 3.51. The van der Waals surface area contributed by atoms with Gasteiger partial charge >= 0.3 is 0 Å². The van der Waals surface area contributed by atoms with E-state index in [1.165, 1.54) is 17.0 Å². The lowest BCUT2D eigenvalue weighted by Crippen LogP contribution is -2.53. The van der Waals surface area contributed by atoms with Gasteiger partial charge in [0.15, 0.2) is 6.04 Å². The molecule has 8 nitrogen and oxygen atoms in total. The highest BCUT2D eigenvalue weighted by atomic mass is 19.3. The van der Waals surface area contributed by atoms with E-state index in [2.05, 4.69) is 5.32 Å². The third kappa shape index (κ3) is 4.70. The second kappa shape index (κ2) is 8.83. The maximum Gasteiger partial charge on any atom is 0.265 e. The number of benzene rings is 1. The number of nitrogens with one attached hydrogen (secondary N) is 1. The number of carbonyl (C=O) groups is 3. The highest BCUT2D eigenvalue weighted by molar-refractivity contribution is 6.09. The number of likely N-dealkylation sites (N-methyl/N-ethyl adjacent to an activating group) is 1. The quantitative estimate of drug-likeness (QED) is 0.628. The summed E-state index contributed by atoms with van der Waals surface area (Å²) in [6, 6.07) is 2.84. The number of nitrogens with two attached hydrogens (primary N) is 1. The molecular formula is C19H24F2N4O4. The molecule has 1 atom stereocenters. The van der Waals surface area contributed by atoms with Crippen LogP contribution in [0, 0.1) is 0 Å². The number of rotatable bonds is 8. The number of halogens is 2. The second-order valence-corrected chi connectivity index (χ2v) is 7.03. The minimum absolute atomic E-state index is 0.0749. The van der Waals surface area contributed by atoms with Gasteiger partial charge in [-0.1, -0.05) is 6.92 Å². The number of anilines is 2.